The number of imidazole rings is 1. The first-order valence-electron chi connectivity index (χ1n) is 7.84. The third kappa shape index (κ3) is 2.63. The van der Waals surface area contributed by atoms with Crippen molar-refractivity contribution in [2.75, 3.05) is 6.54 Å². The highest BCUT2D eigenvalue weighted by Gasteiger charge is 2.30. The summed E-state index contributed by atoms with van der Waals surface area (Å²) in [5.41, 5.74) is 3.46. The molecule has 1 aliphatic heterocycles. The van der Waals surface area contributed by atoms with E-state index in [0.29, 0.717) is 0 Å². The lowest BCUT2D eigenvalue weighted by Crippen LogP contribution is -2.38. The van der Waals surface area contributed by atoms with Crippen LogP contribution in [0.2, 0.25) is 0 Å². The molecule has 1 amide bonds. The number of rotatable bonds is 3. The molecular weight excluding hydrogens is 308 g/mol. The number of thiazole rings is 1. The van der Waals surface area contributed by atoms with E-state index >= 15 is 0 Å². The first-order valence-corrected chi connectivity index (χ1v) is 8.72. The van der Waals surface area contributed by atoms with Crippen LogP contribution in [-0.2, 0) is 6.54 Å². The molecule has 1 unspecified atom stereocenters. The average Bonchev–Trinajstić information content (AvgIpc) is 3.28. The van der Waals surface area contributed by atoms with Gasteiger partial charge < -0.3 is 9.47 Å². The summed E-state index contributed by atoms with van der Waals surface area (Å²) in [6.45, 7) is 3.64. The molecule has 3 heterocycles. The van der Waals surface area contributed by atoms with Crippen LogP contribution in [0, 0.1) is 6.92 Å². The van der Waals surface area contributed by atoms with Crippen LogP contribution in [-0.4, -0.2) is 37.9 Å². The van der Waals surface area contributed by atoms with Crippen LogP contribution < -0.4 is 0 Å². The Morgan fingerprint density at radius 2 is 2.30 bits per heavy atom. The minimum Gasteiger partial charge on any atom is -0.334 e. The smallest absolute Gasteiger partial charge is 0.254 e. The largest absolute Gasteiger partial charge is 0.334 e. The summed E-state index contributed by atoms with van der Waals surface area (Å²) >= 11 is 1.60. The van der Waals surface area contributed by atoms with E-state index in [1.807, 2.05) is 47.9 Å². The van der Waals surface area contributed by atoms with Crippen LogP contribution in [0.3, 0.4) is 0 Å². The number of fused-ring (bicyclic) bond motifs is 1. The maximum atomic E-state index is 12.9. The van der Waals surface area contributed by atoms with Crippen molar-refractivity contribution in [3.8, 4) is 0 Å². The van der Waals surface area contributed by atoms with Gasteiger partial charge in [-0.3, -0.25) is 4.79 Å². The van der Waals surface area contributed by atoms with E-state index in [2.05, 4.69) is 14.5 Å². The van der Waals surface area contributed by atoms with Crippen molar-refractivity contribution in [3.63, 3.8) is 0 Å². The van der Waals surface area contributed by atoms with Gasteiger partial charge in [-0.1, -0.05) is 0 Å². The van der Waals surface area contributed by atoms with Crippen molar-refractivity contribution in [3.05, 3.63) is 47.5 Å². The molecule has 0 saturated carbocycles. The molecule has 1 saturated heterocycles. The number of likely N-dealkylation sites (tertiary alicyclic amines) is 1. The molecule has 23 heavy (non-hydrogen) atoms. The van der Waals surface area contributed by atoms with Gasteiger partial charge in [-0.25, -0.2) is 9.97 Å². The lowest BCUT2D eigenvalue weighted by molar-refractivity contribution is 0.0724. The average molecular weight is 326 g/mol. The summed E-state index contributed by atoms with van der Waals surface area (Å²) in [5, 5.41) is 0. The summed E-state index contributed by atoms with van der Waals surface area (Å²) in [7, 11) is 0. The van der Waals surface area contributed by atoms with Crippen LogP contribution in [0.25, 0.3) is 10.2 Å². The zero-order chi connectivity index (χ0) is 15.8. The van der Waals surface area contributed by atoms with Gasteiger partial charge in [0.05, 0.1) is 21.8 Å². The van der Waals surface area contributed by atoms with Gasteiger partial charge in [0.1, 0.15) is 5.82 Å². The second-order valence-corrected chi connectivity index (χ2v) is 6.84. The van der Waals surface area contributed by atoms with E-state index in [9.17, 15) is 4.79 Å². The van der Waals surface area contributed by atoms with Gasteiger partial charge in [-0.2, -0.15) is 0 Å². The zero-order valence-corrected chi connectivity index (χ0v) is 13.8. The molecule has 0 bridgehead atoms. The Labute approximate surface area is 138 Å². The van der Waals surface area contributed by atoms with Gasteiger partial charge in [-0.15, -0.1) is 11.3 Å². The topological polar surface area (TPSA) is 51.0 Å². The van der Waals surface area contributed by atoms with E-state index in [1.54, 1.807) is 11.3 Å². The van der Waals surface area contributed by atoms with Gasteiger partial charge in [0.25, 0.3) is 5.91 Å². The molecule has 6 heteroatoms. The molecule has 5 nitrogen and oxygen atoms in total. The summed E-state index contributed by atoms with van der Waals surface area (Å²) in [4.78, 5) is 23.5. The normalized spacial score (nSPS) is 18.0. The number of hydrogen-bond acceptors (Lipinski definition) is 4. The Morgan fingerprint density at radius 1 is 1.39 bits per heavy atom. The lowest BCUT2D eigenvalue weighted by Gasteiger charge is -2.25. The highest BCUT2D eigenvalue weighted by atomic mass is 32.1. The minimum absolute atomic E-state index is 0.111. The standard InChI is InChI=1S/C17H18N4OS/c1-12-18-6-8-20(12)10-14-3-2-7-21(14)17(22)13-4-5-16-15(9-13)19-11-23-16/h4-6,8-9,11,14H,2-3,7,10H2,1H3. The van der Waals surface area contributed by atoms with E-state index < -0.39 is 0 Å². The maximum absolute atomic E-state index is 12.9. The van der Waals surface area contributed by atoms with Crippen molar-refractivity contribution in [2.24, 2.45) is 0 Å². The Morgan fingerprint density at radius 3 is 3.13 bits per heavy atom. The van der Waals surface area contributed by atoms with Crippen molar-refractivity contribution in [1.29, 1.82) is 0 Å². The molecule has 118 valence electrons. The molecule has 2 aromatic heterocycles. The van der Waals surface area contributed by atoms with Crippen LogP contribution in [0.1, 0.15) is 29.0 Å². The monoisotopic (exact) mass is 326 g/mol. The predicted molar refractivity (Wildman–Crippen MR) is 90.6 cm³/mol. The number of amides is 1. The fraction of sp³-hybridized carbons (Fsp3) is 0.353. The molecule has 0 spiro atoms. The van der Waals surface area contributed by atoms with Gasteiger partial charge in [0.2, 0.25) is 0 Å². The van der Waals surface area contributed by atoms with Gasteiger partial charge >= 0.3 is 0 Å². The van der Waals surface area contributed by atoms with Gasteiger partial charge in [-0.05, 0) is 38.0 Å². The molecule has 0 aliphatic carbocycles. The van der Waals surface area contributed by atoms with Crippen molar-refractivity contribution < 1.29 is 4.79 Å². The molecule has 0 radical (unpaired) electrons. The number of nitrogens with zero attached hydrogens (tertiary/aromatic N) is 4. The van der Waals surface area contributed by atoms with E-state index in [1.165, 1.54) is 0 Å². The Balaban J connectivity index is 1.57. The Hall–Kier alpha value is -2.21. The number of benzene rings is 1. The summed E-state index contributed by atoms with van der Waals surface area (Å²) < 4.78 is 3.24. The van der Waals surface area contributed by atoms with E-state index in [-0.39, 0.29) is 11.9 Å². The fourth-order valence-corrected chi connectivity index (χ4v) is 3.93. The second-order valence-electron chi connectivity index (χ2n) is 5.96. The first kappa shape index (κ1) is 14.4. The highest BCUT2D eigenvalue weighted by Crippen LogP contribution is 2.24. The molecular formula is C17H18N4OS. The predicted octanol–water partition coefficient (Wildman–Crippen LogP) is 3.11. The molecule has 1 atom stereocenters. The molecule has 4 rings (SSSR count). The summed E-state index contributed by atoms with van der Waals surface area (Å²) in [5.74, 6) is 1.10. The fourth-order valence-electron chi connectivity index (χ4n) is 3.27. The summed E-state index contributed by atoms with van der Waals surface area (Å²) in [6, 6.07) is 6.06. The van der Waals surface area contributed by atoms with Crippen LogP contribution >= 0.6 is 11.3 Å². The Kier molecular flexibility index (Phi) is 3.61. The molecule has 0 N–H and O–H groups in total. The third-order valence-electron chi connectivity index (χ3n) is 4.55. The number of carbonyl (C=O) groups is 1. The molecule has 1 aliphatic rings. The Bertz CT molecular complexity index is 853. The SMILES string of the molecule is Cc1nccn1CC1CCCN1C(=O)c1ccc2scnc2c1. The molecule has 1 fully saturated rings. The first-order chi connectivity index (χ1) is 11.2. The highest BCUT2D eigenvalue weighted by molar-refractivity contribution is 7.16. The summed E-state index contributed by atoms with van der Waals surface area (Å²) in [6.07, 6.45) is 5.90. The van der Waals surface area contributed by atoms with Crippen molar-refractivity contribution in [1.82, 2.24) is 19.4 Å². The van der Waals surface area contributed by atoms with Crippen LogP contribution in [0.5, 0.6) is 0 Å². The van der Waals surface area contributed by atoms with E-state index in [0.717, 1.165) is 47.5 Å². The second kappa shape index (κ2) is 5.77. The van der Waals surface area contributed by atoms with Crippen LogP contribution in [0.15, 0.2) is 36.1 Å². The van der Waals surface area contributed by atoms with Crippen molar-refractivity contribution >= 4 is 27.5 Å². The number of hydrogen-bond donors (Lipinski definition) is 0. The van der Waals surface area contributed by atoms with E-state index in [4.69, 9.17) is 0 Å². The maximum Gasteiger partial charge on any atom is 0.254 e. The van der Waals surface area contributed by atoms with Gasteiger partial charge in [0, 0.05) is 31.0 Å². The van der Waals surface area contributed by atoms with Crippen LogP contribution in [0.4, 0.5) is 0 Å². The zero-order valence-electron chi connectivity index (χ0n) is 13.0. The molecule has 3 aromatic rings. The lowest BCUT2D eigenvalue weighted by atomic mass is 10.1. The number of carbonyl (C=O) groups excluding carboxylic acids is 1. The number of aryl methyl sites for hydroxylation is 1. The minimum atomic E-state index is 0.111. The third-order valence-corrected chi connectivity index (χ3v) is 5.36. The van der Waals surface area contributed by atoms with Crippen molar-refractivity contribution in [2.45, 2.75) is 32.4 Å². The van der Waals surface area contributed by atoms with Gasteiger partial charge in [0.15, 0.2) is 0 Å². The molecule has 1 aromatic carbocycles. The number of aromatic nitrogens is 3. The quantitative estimate of drug-likeness (QED) is 0.743.